The maximum Gasteiger partial charge on any atom is 0.0343 e. The van der Waals surface area contributed by atoms with E-state index in [2.05, 4.69) is 38.7 Å². The number of hydrogen-bond acceptors (Lipinski definition) is 1. The van der Waals surface area contributed by atoms with Crippen molar-refractivity contribution in [2.45, 2.75) is 41.5 Å². The Labute approximate surface area is 94.3 Å². The predicted octanol–water partition coefficient (Wildman–Crippen LogP) is 4.56. The molecule has 1 nitrogen and oxygen atoms in total. The zero-order valence-corrected chi connectivity index (χ0v) is 10.8. The maximum atomic E-state index is 4.14. The van der Waals surface area contributed by atoms with Crippen LogP contribution in [0.15, 0.2) is 30.1 Å². The van der Waals surface area contributed by atoms with Gasteiger partial charge < -0.3 is 0 Å². The van der Waals surface area contributed by atoms with Crippen LogP contribution in [0.4, 0.5) is 0 Å². The summed E-state index contributed by atoms with van der Waals surface area (Å²) in [6.07, 6.45) is 3.74. The molecule has 1 rings (SSSR count). The van der Waals surface area contributed by atoms with E-state index in [1.54, 1.807) is 0 Å². The quantitative estimate of drug-likeness (QED) is 0.690. The molecule has 1 aromatic rings. The minimum atomic E-state index is 0.564. The van der Waals surface area contributed by atoms with Crippen molar-refractivity contribution in [3.8, 4) is 0 Å². The molecule has 0 unspecified atom stereocenters. The van der Waals surface area contributed by atoms with Gasteiger partial charge in [-0.1, -0.05) is 39.3 Å². The fourth-order valence-corrected chi connectivity index (χ4v) is 1.72. The molecule has 0 N–H and O–H groups in total. The van der Waals surface area contributed by atoms with Gasteiger partial charge in [0.1, 0.15) is 0 Å². The van der Waals surface area contributed by atoms with Crippen molar-refractivity contribution in [3.05, 3.63) is 35.7 Å². The lowest BCUT2D eigenvalue weighted by molar-refractivity contribution is 0.845. The zero-order valence-electron chi connectivity index (χ0n) is 10.8. The molecule has 0 bridgehead atoms. The number of nitrogens with zero attached hydrogens (tertiary/aromatic N) is 1. The predicted molar refractivity (Wildman–Crippen MR) is 68.7 cm³/mol. The summed E-state index contributed by atoms with van der Waals surface area (Å²) in [5.74, 6) is 0.564. The van der Waals surface area contributed by atoms with Crippen molar-refractivity contribution >= 4 is 5.57 Å². The fraction of sp³-hybridized carbons (Fsp3) is 0.500. The molecule has 0 aliphatic rings. The third-order valence-corrected chi connectivity index (χ3v) is 2.09. The third-order valence-electron chi connectivity index (χ3n) is 2.09. The summed E-state index contributed by atoms with van der Waals surface area (Å²) in [6, 6.07) is 4.11. The summed E-state index contributed by atoms with van der Waals surface area (Å²) >= 11 is 0. The SMILES string of the molecule is CC.CC(C)=C(c1cccnc1)C(C)C. The molecule has 0 aromatic carbocycles. The van der Waals surface area contributed by atoms with E-state index in [4.69, 9.17) is 0 Å². The second-order valence-electron chi connectivity index (χ2n) is 3.81. The Bertz CT molecular complexity index is 292. The highest BCUT2D eigenvalue weighted by Gasteiger charge is 2.07. The molecular weight excluding hydrogens is 182 g/mol. The van der Waals surface area contributed by atoms with Crippen molar-refractivity contribution in [2.75, 3.05) is 0 Å². The molecule has 0 aliphatic heterocycles. The lowest BCUT2D eigenvalue weighted by Gasteiger charge is -2.13. The van der Waals surface area contributed by atoms with Crippen LogP contribution in [0, 0.1) is 5.92 Å². The van der Waals surface area contributed by atoms with Gasteiger partial charge in [-0.2, -0.15) is 0 Å². The summed E-state index contributed by atoms with van der Waals surface area (Å²) in [4.78, 5) is 4.14. The Morgan fingerprint density at radius 1 is 1.20 bits per heavy atom. The second kappa shape index (κ2) is 7.22. The molecule has 1 heteroatoms. The first kappa shape index (κ1) is 13.9. The summed E-state index contributed by atoms with van der Waals surface area (Å²) in [6.45, 7) is 12.7. The summed E-state index contributed by atoms with van der Waals surface area (Å²) in [7, 11) is 0. The molecular formula is C14H23N. The van der Waals surface area contributed by atoms with Crippen LogP contribution >= 0.6 is 0 Å². The van der Waals surface area contributed by atoms with E-state index >= 15 is 0 Å². The van der Waals surface area contributed by atoms with Gasteiger partial charge in [0.15, 0.2) is 0 Å². The summed E-state index contributed by atoms with van der Waals surface area (Å²) in [5, 5.41) is 0. The molecule has 0 atom stereocenters. The van der Waals surface area contributed by atoms with Crippen LogP contribution in [-0.4, -0.2) is 4.98 Å². The Morgan fingerprint density at radius 3 is 2.13 bits per heavy atom. The topological polar surface area (TPSA) is 12.9 Å². The average molecular weight is 205 g/mol. The van der Waals surface area contributed by atoms with Gasteiger partial charge in [-0.25, -0.2) is 0 Å². The van der Waals surface area contributed by atoms with Gasteiger partial charge in [0.2, 0.25) is 0 Å². The molecule has 0 radical (unpaired) electrons. The van der Waals surface area contributed by atoms with E-state index in [1.165, 1.54) is 16.7 Å². The molecule has 84 valence electrons. The monoisotopic (exact) mass is 205 g/mol. The lowest BCUT2D eigenvalue weighted by atomic mass is 9.93. The third kappa shape index (κ3) is 4.28. The Balaban J connectivity index is 0.000000921. The molecule has 0 saturated heterocycles. The smallest absolute Gasteiger partial charge is 0.0343 e. The van der Waals surface area contributed by atoms with E-state index < -0.39 is 0 Å². The van der Waals surface area contributed by atoms with Crippen LogP contribution in [0.2, 0.25) is 0 Å². The number of aromatic nitrogens is 1. The number of hydrogen-bond donors (Lipinski definition) is 0. The molecule has 15 heavy (non-hydrogen) atoms. The standard InChI is InChI=1S/C12H17N.C2H6/c1-9(2)12(10(3)4)11-6-5-7-13-8-11;1-2/h5-9H,1-4H3;1-2H3. The van der Waals surface area contributed by atoms with E-state index in [9.17, 15) is 0 Å². The van der Waals surface area contributed by atoms with E-state index in [0.29, 0.717) is 5.92 Å². The second-order valence-corrected chi connectivity index (χ2v) is 3.81. The average Bonchev–Trinajstić information content (AvgIpc) is 2.21. The van der Waals surface area contributed by atoms with Crippen molar-refractivity contribution in [3.63, 3.8) is 0 Å². The lowest BCUT2D eigenvalue weighted by Crippen LogP contribution is -1.96. The number of rotatable bonds is 2. The minimum Gasteiger partial charge on any atom is -0.264 e. The van der Waals surface area contributed by atoms with E-state index in [1.807, 2.05) is 32.3 Å². The van der Waals surface area contributed by atoms with E-state index in [0.717, 1.165) is 0 Å². The van der Waals surface area contributed by atoms with Crippen molar-refractivity contribution in [1.29, 1.82) is 0 Å². The van der Waals surface area contributed by atoms with Gasteiger partial charge in [-0.3, -0.25) is 4.98 Å². The maximum absolute atomic E-state index is 4.14. The summed E-state index contributed by atoms with van der Waals surface area (Å²) in [5.41, 5.74) is 4.04. The van der Waals surface area contributed by atoms with Gasteiger partial charge in [0, 0.05) is 12.4 Å². The first-order chi connectivity index (χ1) is 7.13. The minimum absolute atomic E-state index is 0.564. The van der Waals surface area contributed by atoms with Crippen molar-refractivity contribution in [1.82, 2.24) is 4.98 Å². The van der Waals surface area contributed by atoms with Crippen LogP contribution < -0.4 is 0 Å². The molecule has 0 saturated carbocycles. The number of allylic oxidation sites excluding steroid dienone is 2. The first-order valence-corrected chi connectivity index (χ1v) is 5.70. The van der Waals surface area contributed by atoms with Crippen LogP contribution in [0.1, 0.15) is 47.1 Å². The van der Waals surface area contributed by atoms with Crippen molar-refractivity contribution in [2.24, 2.45) is 5.92 Å². The van der Waals surface area contributed by atoms with Crippen LogP contribution in [0.3, 0.4) is 0 Å². The first-order valence-electron chi connectivity index (χ1n) is 5.70. The Kier molecular flexibility index (Phi) is 6.68. The van der Waals surface area contributed by atoms with Gasteiger partial charge >= 0.3 is 0 Å². The normalized spacial score (nSPS) is 9.27. The Morgan fingerprint density at radius 2 is 1.80 bits per heavy atom. The van der Waals surface area contributed by atoms with Crippen LogP contribution in [0.5, 0.6) is 0 Å². The molecule has 1 aromatic heterocycles. The van der Waals surface area contributed by atoms with Gasteiger partial charge in [0.05, 0.1) is 0 Å². The van der Waals surface area contributed by atoms with Crippen LogP contribution in [-0.2, 0) is 0 Å². The largest absolute Gasteiger partial charge is 0.264 e. The van der Waals surface area contributed by atoms with Crippen molar-refractivity contribution < 1.29 is 0 Å². The highest BCUT2D eigenvalue weighted by Crippen LogP contribution is 2.25. The van der Waals surface area contributed by atoms with Gasteiger partial charge in [-0.15, -0.1) is 0 Å². The van der Waals surface area contributed by atoms with Crippen LogP contribution in [0.25, 0.3) is 5.57 Å². The molecule has 0 amide bonds. The Hall–Kier alpha value is -1.11. The van der Waals surface area contributed by atoms with Gasteiger partial charge in [0.25, 0.3) is 0 Å². The summed E-state index contributed by atoms with van der Waals surface area (Å²) < 4.78 is 0. The number of pyridine rings is 1. The molecule has 0 spiro atoms. The molecule has 0 fully saturated rings. The zero-order chi connectivity index (χ0) is 11.8. The molecule has 1 heterocycles. The van der Waals surface area contributed by atoms with E-state index in [-0.39, 0.29) is 0 Å². The highest BCUT2D eigenvalue weighted by atomic mass is 14.6. The fourth-order valence-electron chi connectivity index (χ4n) is 1.72. The van der Waals surface area contributed by atoms with Gasteiger partial charge in [-0.05, 0) is 37.0 Å². The highest BCUT2D eigenvalue weighted by molar-refractivity contribution is 5.68. The molecule has 0 aliphatic carbocycles.